The lowest BCUT2D eigenvalue weighted by Gasteiger charge is -2.10. The lowest BCUT2D eigenvalue weighted by molar-refractivity contribution is -0.192. The van der Waals surface area contributed by atoms with Gasteiger partial charge in [0.1, 0.15) is 0 Å². The summed E-state index contributed by atoms with van der Waals surface area (Å²) in [6, 6.07) is 13.4. The minimum absolute atomic E-state index is 0.159. The fourth-order valence-electron chi connectivity index (χ4n) is 2.22. The monoisotopic (exact) mass is 403 g/mol. The van der Waals surface area contributed by atoms with Crippen LogP contribution in [0.2, 0.25) is 0 Å². The van der Waals surface area contributed by atoms with Gasteiger partial charge in [0.05, 0.1) is 5.56 Å². The smallest absolute Gasteiger partial charge is 0.475 e. The number of nitrogens with one attached hydrogen (secondary N) is 1. The van der Waals surface area contributed by atoms with Gasteiger partial charge in [0, 0.05) is 30.5 Å². The molecule has 6 nitrogen and oxygen atoms in total. The molecule has 0 saturated heterocycles. The fourth-order valence-corrected chi connectivity index (χ4v) is 2.22. The molecule has 0 spiro atoms. The minimum Gasteiger partial charge on any atom is -0.475 e. The zero-order valence-electron chi connectivity index (χ0n) is 15.1. The molecule has 0 aliphatic rings. The molecule has 2 N–H and O–H groups in total. The zero-order chi connectivity index (χ0) is 21.4. The number of amides is 1. The van der Waals surface area contributed by atoms with Crippen molar-refractivity contribution in [3.63, 3.8) is 0 Å². The van der Waals surface area contributed by atoms with Gasteiger partial charge in [-0.2, -0.15) is 13.2 Å². The van der Waals surface area contributed by atoms with Crippen molar-refractivity contribution in [1.29, 1.82) is 0 Å². The van der Waals surface area contributed by atoms with Gasteiger partial charge in [0.2, 0.25) is 0 Å². The van der Waals surface area contributed by atoms with Crippen LogP contribution in [0.3, 0.4) is 0 Å². The Morgan fingerprint density at radius 3 is 2.14 bits per heavy atom. The van der Waals surface area contributed by atoms with Crippen molar-refractivity contribution in [2.45, 2.75) is 13.1 Å². The minimum atomic E-state index is -5.08. The normalized spacial score (nSPS) is 10.5. The lowest BCUT2D eigenvalue weighted by atomic mass is 10.0. The van der Waals surface area contributed by atoms with E-state index in [1.807, 2.05) is 37.3 Å². The number of hydrogen-bond donors (Lipinski definition) is 2. The third kappa shape index (κ3) is 6.42. The van der Waals surface area contributed by atoms with E-state index in [1.165, 1.54) is 0 Å². The highest BCUT2D eigenvalue weighted by Crippen LogP contribution is 2.24. The van der Waals surface area contributed by atoms with Gasteiger partial charge in [-0.15, -0.1) is 0 Å². The molecule has 150 valence electrons. The van der Waals surface area contributed by atoms with Gasteiger partial charge in [0.15, 0.2) is 0 Å². The Morgan fingerprint density at radius 1 is 0.966 bits per heavy atom. The Hall–Kier alpha value is -3.75. The number of carboxylic acid groups (broad SMARTS) is 1. The number of pyridine rings is 2. The molecule has 9 heteroatoms. The second kappa shape index (κ2) is 9.45. The second-order valence-electron chi connectivity index (χ2n) is 5.76. The van der Waals surface area contributed by atoms with Crippen molar-refractivity contribution >= 4 is 17.6 Å². The van der Waals surface area contributed by atoms with Crippen LogP contribution < -0.4 is 5.32 Å². The van der Waals surface area contributed by atoms with Crippen LogP contribution in [-0.4, -0.2) is 33.1 Å². The first-order valence-electron chi connectivity index (χ1n) is 8.21. The van der Waals surface area contributed by atoms with Gasteiger partial charge < -0.3 is 10.4 Å². The molecule has 0 aliphatic heterocycles. The van der Waals surface area contributed by atoms with Crippen molar-refractivity contribution < 1.29 is 27.9 Å². The van der Waals surface area contributed by atoms with Crippen molar-refractivity contribution in [3.05, 3.63) is 78.4 Å². The molecule has 0 saturated carbocycles. The highest BCUT2D eigenvalue weighted by atomic mass is 19.4. The number of halogens is 3. The van der Waals surface area contributed by atoms with E-state index in [0.29, 0.717) is 5.56 Å². The molecule has 0 aliphatic carbocycles. The summed E-state index contributed by atoms with van der Waals surface area (Å²) in [7, 11) is 0. The Bertz CT molecular complexity index is 979. The number of hydrogen-bond acceptors (Lipinski definition) is 4. The first kappa shape index (κ1) is 21.5. The highest BCUT2D eigenvalue weighted by molar-refractivity contribution is 6.04. The maximum absolute atomic E-state index is 12.2. The first-order valence-corrected chi connectivity index (χ1v) is 8.21. The van der Waals surface area contributed by atoms with Gasteiger partial charge in [-0.3, -0.25) is 14.8 Å². The summed E-state index contributed by atoms with van der Waals surface area (Å²) in [5.41, 5.74) is 4.54. The standard InChI is InChI=1S/C18H15N3O.C2HF3O2/c1-13-11-15(14-6-9-19-10-7-14)4-5-17(13)21-18(22)16-3-2-8-20-12-16;3-2(4,5)1(6)7/h2-12H,1H3,(H,21,22);(H,6,7). The Kier molecular flexibility index (Phi) is 7.02. The van der Waals surface area contributed by atoms with Crippen LogP contribution in [0, 0.1) is 6.92 Å². The van der Waals surface area contributed by atoms with Crippen molar-refractivity contribution in [3.8, 4) is 11.1 Å². The predicted octanol–water partition coefficient (Wildman–Crippen LogP) is 4.34. The topological polar surface area (TPSA) is 92.2 Å². The lowest BCUT2D eigenvalue weighted by Crippen LogP contribution is -2.21. The molecule has 3 aromatic rings. The number of carboxylic acids is 1. The van der Waals surface area contributed by atoms with Gasteiger partial charge in [-0.05, 0) is 60.0 Å². The van der Waals surface area contributed by atoms with E-state index in [2.05, 4.69) is 15.3 Å². The van der Waals surface area contributed by atoms with Crippen molar-refractivity contribution in [1.82, 2.24) is 9.97 Å². The average molecular weight is 403 g/mol. The molecule has 0 atom stereocenters. The summed E-state index contributed by atoms with van der Waals surface area (Å²) in [6.07, 6.45) is 1.65. The molecular formula is C20H16F3N3O3. The van der Waals surface area contributed by atoms with E-state index >= 15 is 0 Å². The van der Waals surface area contributed by atoms with Crippen LogP contribution in [-0.2, 0) is 4.79 Å². The maximum atomic E-state index is 12.2. The van der Waals surface area contributed by atoms with Crippen molar-refractivity contribution in [2.75, 3.05) is 5.32 Å². The van der Waals surface area contributed by atoms with Crippen LogP contribution in [0.1, 0.15) is 15.9 Å². The third-order valence-electron chi connectivity index (χ3n) is 3.65. The van der Waals surface area contributed by atoms with E-state index in [9.17, 15) is 18.0 Å². The second-order valence-corrected chi connectivity index (χ2v) is 5.76. The maximum Gasteiger partial charge on any atom is 0.490 e. The summed E-state index contributed by atoms with van der Waals surface area (Å²) in [5, 5.41) is 10.0. The number of benzene rings is 1. The van der Waals surface area contributed by atoms with Crippen molar-refractivity contribution in [2.24, 2.45) is 0 Å². The number of carbonyl (C=O) groups excluding carboxylic acids is 1. The highest BCUT2D eigenvalue weighted by Gasteiger charge is 2.38. The number of alkyl halides is 3. The van der Waals surface area contributed by atoms with E-state index in [4.69, 9.17) is 9.90 Å². The summed E-state index contributed by atoms with van der Waals surface area (Å²) < 4.78 is 31.7. The summed E-state index contributed by atoms with van der Waals surface area (Å²) >= 11 is 0. The molecule has 0 bridgehead atoms. The number of nitrogens with zero attached hydrogens (tertiary/aromatic N) is 2. The molecule has 3 rings (SSSR count). The van der Waals surface area contributed by atoms with E-state index in [0.717, 1.165) is 22.4 Å². The van der Waals surface area contributed by atoms with Crippen LogP contribution in [0.5, 0.6) is 0 Å². The largest absolute Gasteiger partial charge is 0.490 e. The van der Waals surface area contributed by atoms with Crippen LogP contribution >= 0.6 is 0 Å². The summed E-state index contributed by atoms with van der Waals surface area (Å²) in [4.78, 5) is 29.0. The molecule has 2 heterocycles. The molecule has 0 unspecified atom stereocenters. The summed E-state index contributed by atoms with van der Waals surface area (Å²) in [6.45, 7) is 1.98. The van der Waals surface area contributed by atoms with E-state index in [-0.39, 0.29) is 5.91 Å². The summed E-state index contributed by atoms with van der Waals surface area (Å²) in [5.74, 6) is -2.92. The van der Waals surface area contributed by atoms with Gasteiger partial charge >= 0.3 is 12.1 Å². The quantitative estimate of drug-likeness (QED) is 0.679. The number of aryl methyl sites for hydroxylation is 1. The van der Waals surface area contributed by atoms with Crippen LogP contribution in [0.4, 0.5) is 18.9 Å². The predicted molar refractivity (Wildman–Crippen MR) is 100 cm³/mol. The number of carbonyl (C=O) groups is 2. The molecule has 2 aromatic heterocycles. The zero-order valence-corrected chi connectivity index (χ0v) is 15.1. The van der Waals surface area contributed by atoms with Crippen LogP contribution in [0.15, 0.2) is 67.3 Å². The van der Waals surface area contributed by atoms with Gasteiger partial charge in [0.25, 0.3) is 5.91 Å². The van der Waals surface area contributed by atoms with E-state index in [1.54, 1.807) is 36.9 Å². The molecule has 29 heavy (non-hydrogen) atoms. The molecule has 0 fully saturated rings. The van der Waals surface area contributed by atoms with Gasteiger partial charge in [-0.1, -0.05) is 6.07 Å². The number of rotatable bonds is 3. The van der Waals surface area contributed by atoms with Crippen LogP contribution in [0.25, 0.3) is 11.1 Å². The number of aromatic nitrogens is 2. The molecule has 1 amide bonds. The molecular weight excluding hydrogens is 387 g/mol. The SMILES string of the molecule is Cc1cc(-c2ccncc2)ccc1NC(=O)c1cccnc1.O=C(O)C(F)(F)F. The Morgan fingerprint density at radius 2 is 1.62 bits per heavy atom. The number of aliphatic carboxylic acids is 1. The molecule has 0 radical (unpaired) electrons. The Labute approximate surface area is 164 Å². The Balaban J connectivity index is 0.000000370. The average Bonchev–Trinajstić information content (AvgIpc) is 2.70. The molecule has 1 aromatic carbocycles. The fraction of sp³-hybridized carbons (Fsp3) is 0.100. The number of anilines is 1. The first-order chi connectivity index (χ1) is 13.7. The van der Waals surface area contributed by atoms with E-state index < -0.39 is 12.1 Å². The third-order valence-corrected chi connectivity index (χ3v) is 3.65. The van der Waals surface area contributed by atoms with Gasteiger partial charge in [-0.25, -0.2) is 4.79 Å².